The Labute approximate surface area is 128 Å². The molecular formula is C18H29NS. The minimum Gasteiger partial charge on any atom is -0.313 e. The van der Waals surface area contributed by atoms with Crippen molar-refractivity contribution in [3.63, 3.8) is 0 Å². The van der Waals surface area contributed by atoms with Crippen LogP contribution in [-0.2, 0) is 12.8 Å². The Morgan fingerprint density at radius 1 is 1.10 bits per heavy atom. The fourth-order valence-electron chi connectivity index (χ4n) is 2.98. The topological polar surface area (TPSA) is 12.0 Å². The highest BCUT2D eigenvalue weighted by molar-refractivity contribution is 7.99. The van der Waals surface area contributed by atoms with Crippen molar-refractivity contribution in [2.45, 2.75) is 63.7 Å². The van der Waals surface area contributed by atoms with Gasteiger partial charge in [0.05, 0.1) is 0 Å². The standard InChI is InChI=1S/C18H29NS/c1-3-15-9-11-16(12-10-15)13-17(19-4-2)14-20-18-7-5-6-8-18/h9-12,17-19H,3-8,13-14H2,1-2H3. The Morgan fingerprint density at radius 2 is 1.75 bits per heavy atom. The van der Waals surface area contributed by atoms with E-state index >= 15 is 0 Å². The summed E-state index contributed by atoms with van der Waals surface area (Å²) in [6.45, 7) is 5.51. The summed E-state index contributed by atoms with van der Waals surface area (Å²) in [5, 5.41) is 4.59. The minimum atomic E-state index is 0.623. The van der Waals surface area contributed by atoms with Gasteiger partial charge in [-0.3, -0.25) is 0 Å². The summed E-state index contributed by atoms with van der Waals surface area (Å²) in [6, 6.07) is 9.80. The molecule has 0 bridgehead atoms. The summed E-state index contributed by atoms with van der Waals surface area (Å²) in [6.07, 6.45) is 8.07. The van der Waals surface area contributed by atoms with Crippen LogP contribution in [0.5, 0.6) is 0 Å². The molecule has 112 valence electrons. The number of hydrogen-bond acceptors (Lipinski definition) is 2. The van der Waals surface area contributed by atoms with E-state index in [1.807, 2.05) is 0 Å². The molecule has 1 aliphatic carbocycles. The van der Waals surface area contributed by atoms with Crippen LogP contribution in [0, 0.1) is 0 Å². The Hall–Kier alpha value is -0.470. The maximum absolute atomic E-state index is 3.66. The zero-order valence-electron chi connectivity index (χ0n) is 13.0. The van der Waals surface area contributed by atoms with Crippen LogP contribution in [-0.4, -0.2) is 23.6 Å². The van der Waals surface area contributed by atoms with E-state index in [2.05, 4.69) is 55.2 Å². The van der Waals surface area contributed by atoms with Crippen molar-refractivity contribution < 1.29 is 0 Å². The van der Waals surface area contributed by atoms with Crippen molar-refractivity contribution in [2.24, 2.45) is 0 Å². The van der Waals surface area contributed by atoms with Crippen LogP contribution in [0.4, 0.5) is 0 Å². The number of aryl methyl sites for hydroxylation is 1. The van der Waals surface area contributed by atoms with Crippen LogP contribution in [0.3, 0.4) is 0 Å². The lowest BCUT2D eigenvalue weighted by Crippen LogP contribution is -2.33. The second kappa shape index (κ2) is 8.74. The van der Waals surface area contributed by atoms with E-state index in [0.717, 1.165) is 24.6 Å². The first-order valence-corrected chi connectivity index (χ1v) is 9.29. The Morgan fingerprint density at radius 3 is 2.35 bits per heavy atom. The van der Waals surface area contributed by atoms with Gasteiger partial charge in [0.15, 0.2) is 0 Å². The lowest BCUT2D eigenvalue weighted by molar-refractivity contribution is 0.571. The first-order valence-electron chi connectivity index (χ1n) is 8.24. The molecule has 20 heavy (non-hydrogen) atoms. The predicted molar refractivity (Wildman–Crippen MR) is 91.7 cm³/mol. The maximum Gasteiger partial charge on any atom is 0.0198 e. The van der Waals surface area contributed by atoms with E-state index in [-0.39, 0.29) is 0 Å². The van der Waals surface area contributed by atoms with Gasteiger partial charge in [-0.2, -0.15) is 11.8 Å². The molecule has 0 spiro atoms. The molecule has 0 amide bonds. The van der Waals surface area contributed by atoms with Crippen LogP contribution < -0.4 is 5.32 Å². The number of rotatable bonds is 8. The molecule has 1 nitrogen and oxygen atoms in total. The number of benzene rings is 1. The first kappa shape index (κ1) is 15.9. The average molecular weight is 292 g/mol. The van der Waals surface area contributed by atoms with E-state index in [4.69, 9.17) is 0 Å². The molecule has 0 heterocycles. The SMILES string of the molecule is CCNC(CSC1CCCC1)Cc1ccc(CC)cc1. The summed E-state index contributed by atoms with van der Waals surface area (Å²) in [7, 11) is 0. The third kappa shape index (κ3) is 5.14. The zero-order valence-corrected chi connectivity index (χ0v) is 13.8. The molecule has 1 N–H and O–H groups in total. The summed E-state index contributed by atoms with van der Waals surface area (Å²) in [5.74, 6) is 1.26. The molecule has 1 atom stereocenters. The van der Waals surface area contributed by atoms with Crippen LogP contribution in [0.1, 0.15) is 50.7 Å². The second-order valence-electron chi connectivity index (χ2n) is 5.87. The van der Waals surface area contributed by atoms with Crippen molar-refractivity contribution in [1.29, 1.82) is 0 Å². The molecule has 2 heteroatoms. The molecule has 1 saturated carbocycles. The lowest BCUT2D eigenvalue weighted by Gasteiger charge is -2.20. The van der Waals surface area contributed by atoms with Crippen molar-refractivity contribution in [2.75, 3.05) is 12.3 Å². The average Bonchev–Trinajstić information content (AvgIpc) is 2.99. The van der Waals surface area contributed by atoms with Gasteiger partial charge in [-0.15, -0.1) is 0 Å². The van der Waals surface area contributed by atoms with Crippen LogP contribution in [0.25, 0.3) is 0 Å². The fraction of sp³-hybridized carbons (Fsp3) is 0.667. The quantitative estimate of drug-likeness (QED) is 0.759. The molecule has 2 rings (SSSR count). The Kier molecular flexibility index (Phi) is 6.95. The zero-order chi connectivity index (χ0) is 14.2. The molecule has 1 fully saturated rings. The van der Waals surface area contributed by atoms with Crippen LogP contribution in [0.2, 0.25) is 0 Å². The highest BCUT2D eigenvalue weighted by atomic mass is 32.2. The van der Waals surface area contributed by atoms with Gasteiger partial charge in [0.2, 0.25) is 0 Å². The van der Waals surface area contributed by atoms with Gasteiger partial charge in [0.25, 0.3) is 0 Å². The molecule has 0 radical (unpaired) electrons. The number of thioether (sulfide) groups is 1. The van der Waals surface area contributed by atoms with Gasteiger partial charge < -0.3 is 5.32 Å². The van der Waals surface area contributed by atoms with Gasteiger partial charge in [0.1, 0.15) is 0 Å². The molecule has 0 aliphatic heterocycles. The Balaban J connectivity index is 1.83. The lowest BCUT2D eigenvalue weighted by atomic mass is 10.0. The molecule has 1 unspecified atom stereocenters. The third-order valence-corrected chi connectivity index (χ3v) is 5.78. The Bertz CT molecular complexity index is 368. The smallest absolute Gasteiger partial charge is 0.0198 e. The monoisotopic (exact) mass is 291 g/mol. The van der Waals surface area contributed by atoms with Gasteiger partial charge >= 0.3 is 0 Å². The van der Waals surface area contributed by atoms with E-state index in [1.54, 1.807) is 0 Å². The predicted octanol–water partition coefficient (Wildman–Crippen LogP) is 4.45. The third-order valence-electron chi connectivity index (χ3n) is 4.24. The molecule has 0 aromatic heterocycles. The minimum absolute atomic E-state index is 0.623. The van der Waals surface area contributed by atoms with Gasteiger partial charge in [-0.05, 0) is 43.4 Å². The van der Waals surface area contributed by atoms with Gasteiger partial charge in [-0.1, -0.05) is 51.0 Å². The van der Waals surface area contributed by atoms with E-state index in [0.29, 0.717) is 6.04 Å². The van der Waals surface area contributed by atoms with E-state index in [9.17, 15) is 0 Å². The van der Waals surface area contributed by atoms with Crippen LogP contribution in [0.15, 0.2) is 24.3 Å². The number of hydrogen-bond donors (Lipinski definition) is 1. The van der Waals surface area contributed by atoms with E-state index in [1.165, 1.54) is 42.6 Å². The molecular weight excluding hydrogens is 262 g/mol. The van der Waals surface area contributed by atoms with Crippen molar-refractivity contribution >= 4 is 11.8 Å². The maximum atomic E-state index is 3.66. The number of nitrogens with one attached hydrogen (secondary N) is 1. The van der Waals surface area contributed by atoms with E-state index < -0.39 is 0 Å². The summed E-state index contributed by atoms with van der Waals surface area (Å²) in [5.41, 5.74) is 2.91. The second-order valence-corrected chi connectivity index (χ2v) is 7.20. The molecule has 1 aromatic carbocycles. The van der Waals surface area contributed by atoms with Crippen molar-refractivity contribution in [3.05, 3.63) is 35.4 Å². The van der Waals surface area contributed by atoms with Crippen molar-refractivity contribution in [3.8, 4) is 0 Å². The summed E-state index contributed by atoms with van der Waals surface area (Å²) < 4.78 is 0. The molecule has 1 aliphatic rings. The van der Waals surface area contributed by atoms with Gasteiger partial charge in [0, 0.05) is 17.0 Å². The van der Waals surface area contributed by atoms with Crippen molar-refractivity contribution in [1.82, 2.24) is 5.32 Å². The summed E-state index contributed by atoms with van der Waals surface area (Å²) >= 11 is 2.20. The first-order chi connectivity index (χ1) is 9.81. The highest BCUT2D eigenvalue weighted by Gasteiger charge is 2.17. The molecule has 1 aromatic rings. The fourth-order valence-corrected chi connectivity index (χ4v) is 4.39. The summed E-state index contributed by atoms with van der Waals surface area (Å²) in [4.78, 5) is 0. The van der Waals surface area contributed by atoms with Gasteiger partial charge in [-0.25, -0.2) is 0 Å². The number of likely N-dealkylation sites (N-methyl/N-ethyl adjacent to an activating group) is 1. The largest absolute Gasteiger partial charge is 0.313 e. The van der Waals surface area contributed by atoms with Crippen LogP contribution >= 0.6 is 11.8 Å². The highest BCUT2D eigenvalue weighted by Crippen LogP contribution is 2.30. The normalized spacial score (nSPS) is 17.5. The molecule has 0 saturated heterocycles.